The molecule has 0 saturated carbocycles. The number of carbonyl (C=O) groups is 2. The van der Waals surface area contributed by atoms with E-state index in [0.717, 1.165) is 0 Å². The zero-order valence-electron chi connectivity index (χ0n) is 22.6. The number of fused-ring (bicyclic) bond motifs is 1. The Morgan fingerprint density at radius 2 is 1.93 bits per heavy atom. The minimum absolute atomic E-state index is 0.0769. The Bertz CT molecular complexity index is 1470. The van der Waals surface area contributed by atoms with Gasteiger partial charge >= 0.3 is 6.03 Å². The van der Waals surface area contributed by atoms with Crippen molar-refractivity contribution >= 4 is 52.6 Å². The van der Waals surface area contributed by atoms with Gasteiger partial charge in [0.1, 0.15) is 27.4 Å². The van der Waals surface area contributed by atoms with Gasteiger partial charge < -0.3 is 24.8 Å². The van der Waals surface area contributed by atoms with Crippen LogP contribution in [0.15, 0.2) is 37.2 Å². The first-order chi connectivity index (χ1) is 19.7. The molecule has 1 fully saturated rings. The summed E-state index contributed by atoms with van der Waals surface area (Å²) in [5.74, 6) is 0.943. The smallest absolute Gasteiger partial charge is 0.330 e. The van der Waals surface area contributed by atoms with E-state index >= 15 is 0 Å². The average Bonchev–Trinajstić information content (AvgIpc) is 3.58. The molecule has 5 rings (SSSR count). The Hall–Kier alpha value is -4.07. The number of anilines is 3. The van der Waals surface area contributed by atoms with E-state index in [0.29, 0.717) is 41.8 Å². The number of nitrogens with one attached hydrogen (secondary N) is 2. The second-order valence-electron chi connectivity index (χ2n) is 9.34. The molecule has 0 spiro atoms. The lowest BCUT2D eigenvalue weighted by atomic mass is 10.1. The fourth-order valence-corrected chi connectivity index (χ4v) is 5.37. The van der Waals surface area contributed by atoms with Crippen molar-refractivity contribution in [2.45, 2.75) is 25.2 Å². The predicted octanol–water partition coefficient (Wildman–Crippen LogP) is 3.16. The molecule has 2 aromatic heterocycles. The molecule has 0 bridgehead atoms. The molecule has 15 heteroatoms. The number of halogens is 2. The Balaban J connectivity index is 1.53. The van der Waals surface area contributed by atoms with E-state index in [1.54, 1.807) is 30.2 Å². The van der Waals surface area contributed by atoms with Gasteiger partial charge in [-0.05, 0) is 12.1 Å². The van der Waals surface area contributed by atoms with Crippen LogP contribution in [0.1, 0.15) is 11.3 Å². The average molecular weight is 603 g/mol. The van der Waals surface area contributed by atoms with Crippen LogP contribution in [-0.4, -0.2) is 71.2 Å². The van der Waals surface area contributed by atoms with Gasteiger partial charge in [-0.15, -0.1) is 0 Å². The number of hydrogen-bond donors (Lipinski definition) is 2. The Morgan fingerprint density at radius 3 is 2.56 bits per heavy atom. The Morgan fingerprint density at radius 1 is 1.22 bits per heavy atom. The molecule has 0 aliphatic carbocycles. The molecular weight excluding hydrogens is 575 g/mol. The summed E-state index contributed by atoms with van der Waals surface area (Å²) in [7, 11) is 4.72. The fraction of sp³-hybridized carbons (Fsp3) is 0.346. The second kappa shape index (κ2) is 11.8. The van der Waals surface area contributed by atoms with E-state index in [4.69, 9.17) is 42.4 Å². The highest BCUT2D eigenvalue weighted by molar-refractivity contribution is 6.42. The highest BCUT2D eigenvalue weighted by Gasteiger charge is 2.37. The first kappa shape index (κ1) is 28.5. The van der Waals surface area contributed by atoms with Gasteiger partial charge in [0.15, 0.2) is 0 Å². The van der Waals surface area contributed by atoms with E-state index in [2.05, 4.69) is 27.3 Å². The molecule has 2 atom stereocenters. The number of nitrogens with zero attached hydrogens (tertiary/aromatic N) is 6. The van der Waals surface area contributed by atoms with Crippen LogP contribution >= 0.6 is 23.2 Å². The van der Waals surface area contributed by atoms with E-state index in [1.807, 2.05) is 6.07 Å². The van der Waals surface area contributed by atoms with Crippen LogP contribution < -0.4 is 29.9 Å². The van der Waals surface area contributed by atoms with E-state index < -0.39 is 6.03 Å². The number of methoxy groups -OCH3 is 2. The van der Waals surface area contributed by atoms with Gasteiger partial charge in [0.2, 0.25) is 11.9 Å². The largest absolute Gasteiger partial charge is 0.495 e. The number of urea groups is 1. The van der Waals surface area contributed by atoms with E-state index in [9.17, 15) is 9.59 Å². The molecule has 2 N–H and O–H groups in total. The number of ether oxygens (including phenoxy) is 3. The number of carbonyl (C=O) groups excluding carboxylic acids is 2. The summed E-state index contributed by atoms with van der Waals surface area (Å²) < 4.78 is 18.0. The lowest BCUT2D eigenvalue weighted by Crippen LogP contribution is -2.48. The SMILES string of the molecule is C=CC(=O)NC1COCC1Nc1ncc2c(n1)N(Cc1ccn(C)n1)C(=O)N(c1c(Cl)c(OC)cc(OC)c1Cl)C2. The second-order valence-corrected chi connectivity index (χ2v) is 10.1. The summed E-state index contributed by atoms with van der Waals surface area (Å²) in [4.78, 5) is 38.1. The van der Waals surface area contributed by atoms with Crippen LogP contribution in [0.4, 0.5) is 22.2 Å². The summed E-state index contributed by atoms with van der Waals surface area (Å²) >= 11 is 13.4. The summed E-state index contributed by atoms with van der Waals surface area (Å²) in [6, 6.07) is 2.32. The number of rotatable bonds is 9. The third kappa shape index (κ3) is 5.60. The monoisotopic (exact) mass is 602 g/mol. The van der Waals surface area contributed by atoms with Crippen LogP contribution in [0.2, 0.25) is 10.0 Å². The first-order valence-electron chi connectivity index (χ1n) is 12.5. The normalized spacial score (nSPS) is 18.2. The third-order valence-electron chi connectivity index (χ3n) is 6.71. The van der Waals surface area contributed by atoms with E-state index in [1.165, 1.54) is 30.1 Å². The van der Waals surface area contributed by atoms with Crippen molar-refractivity contribution in [1.29, 1.82) is 0 Å². The fourth-order valence-electron chi connectivity index (χ4n) is 4.67. The predicted molar refractivity (Wildman–Crippen MR) is 153 cm³/mol. The summed E-state index contributed by atoms with van der Waals surface area (Å²) in [5, 5.41) is 10.8. The maximum absolute atomic E-state index is 14.1. The molecule has 1 saturated heterocycles. The zero-order valence-corrected chi connectivity index (χ0v) is 24.1. The van der Waals surface area contributed by atoms with Crippen LogP contribution in [-0.2, 0) is 29.7 Å². The van der Waals surface area contributed by atoms with Crippen LogP contribution in [0.3, 0.4) is 0 Å². The lowest BCUT2D eigenvalue weighted by molar-refractivity contribution is -0.117. The molecule has 13 nitrogen and oxygen atoms in total. The molecule has 2 aliphatic rings. The van der Waals surface area contributed by atoms with Crippen LogP contribution in [0.25, 0.3) is 0 Å². The maximum Gasteiger partial charge on any atom is 0.330 e. The molecular formula is C26H28Cl2N8O5. The number of aryl methyl sites for hydroxylation is 1. The number of aromatic nitrogens is 4. The molecule has 2 unspecified atom stereocenters. The third-order valence-corrected chi connectivity index (χ3v) is 7.44. The number of amides is 3. The van der Waals surface area contributed by atoms with Gasteiger partial charge in [0.25, 0.3) is 0 Å². The molecule has 0 radical (unpaired) electrons. The molecule has 216 valence electrons. The summed E-state index contributed by atoms with van der Waals surface area (Å²) in [5.41, 5.74) is 1.51. The minimum Gasteiger partial charge on any atom is -0.495 e. The minimum atomic E-state index is -0.438. The van der Waals surface area contributed by atoms with Crippen molar-refractivity contribution in [1.82, 2.24) is 25.1 Å². The Kier molecular flexibility index (Phi) is 8.20. The number of hydrogen-bond acceptors (Lipinski definition) is 9. The van der Waals surface area contributed by atoms with Gasteiger partial charge in [-0.1, -0.05) is 29.8 Å². The van der Waals surface area contributed by atoms with Gasteiger partial charge in [-0.25, -0.2) is 9.78 Å². The summed E-state index contributed by atoms with van der Waals surface area (Å²) in [6.45, 7) is 4.34. The topological polar surface area (TPSA) is 136 Å². The van der Waals surface area contributed by atoms with E-state index in [-0.39, 0.29) is 52.8 Å². The summed E-state index contributed by atoms with van der Waals surface area (Å²) in [6.07, 6.45) is 4.61. The number of benzene rings is 1. The van der Waals surface area contributed by atoms with Gasteiger partial charge in [-0.3, -0.25) is 19.3 Å². The Labute approximate surface area is 246 Å². The highest BCUT2D eigenvalue weighted by atomic mass is 35.5. The molecule has 1 aromatic carbocycles. The van der Waals surface area contributed by atoms with Crippen molar-refractivity contribution in [3.63, 3.8) is 0 Å². The van der Waals surface area contributed by atoms with Crippen molar-refractivity contribution in [3.05, 3.63) is 58.5 Å². The van der Waals surface area contributed by atoms with Crippen molar-refractivity contribution in [2.75, 3.05) is 42.5 Å². The van der Waals surface area contributed by atoms with Crippen molar-refractivity contribution in [2.24, 2.45) is 7.05 Å². The quantitative estimate of drug-likeness (QED) is 0.354. The zero-order chi connectivity index (χ0) is 29.3. The molecule has 3 aromatic rings. The molecule has 2 aliphatic heterocycles. The van der Waals surface area contributed by atoms with Crippen molar-refractivity contribution in [3.8, 4) is 11.5 Å². The highest BCUT2D eigenvalue weighted by Crippen LogP contribution is 2.48. The van der Waals surface area contributed by atoms with Crippen LogP contribution in [0, 0.1) is 0 Å². The first-order valence-corrected chi connectivity index (χ1v) is 13.3. The maximum atomic E-state index is 14.1. The molecule has 3 amide bonds. The molecule has 4 heterocycles. The van der Waals surface area contributed by atoms with Gasteiger partial charge in [0, 0.05) is 31.1 Å². The van der Waals surface area contributed by atoms with Crippen molar-refractivity contribution < 1.29 is 23.8 Å². The van der Waals surface area contributed by atoms with Crippen LogP contribution in [0.5, 0.6) is 11.5 Å². The molecule has 41 heavy (non-hydrogen) atoms. The van der Waals surface area contributed by atoms with Gasteiger partial charge in [-0.2, -0.15) is 10.1 Å². The van der Waals surface area contributed by atoms with Gasteiger partial charge in [0.05, 0.1) is 64.0 Å². The lowest BCUT2D eigenvalue weighted by Gasteiger charge is -2.37. The standard InChI is InChI=1S/C26H28Cl2N8O5/c1-5-20(37)30-16-12-41-13-17(16)31-25-29-9-14-10-35(23-21(27)18(39-3)8-19(40-4)22(23)28)26(38)36(24(14)32-25)11-15-6-7-34(2)33-15/h5-9,16-17H,1,10-13H2,2-4H3,(H,30,37)(H,29,31,32).